The number of nitrogens with zero attached hydrogens (tertiary/aromatic N) is 2. The number of halogens is 2. The van der Waals surface area contributed by atoms with Gasteiger partial charge in [0.25, 0.3) is 0 Å². The van der Waals surface area contributed by atoms with Gasteiger partial charge in [0.15, 0.2) is 5.84 Å². The highest BCUT2D eigenvalue weighted by Gasteiger charge is 2.10. The summed E-state index contributed by atoms with van der Waals surface area (Å²) in [5.41, 5.74) is 5.86. The lowest BCUT2D eigenvalue weighted by Gasteiger charge is -2.05. The van der Waals surface area contributed by atoms with Gasteiger partial charge in [0.05, 0.1) is 5.02 Å². The number of hydrogen-bond donors (Lipinski definition) is 2. The average molecular weight is 256 g/mol. The Kier molecular flexibility index (Phi) is 2.85. The van der Waals surface area contributed by atoms with Crippen molar-refractivity contribution in [3.8, 4) is 0 Å². The molecule has 1 heterocycles. The number of oxime groups is 1. The molecule has 2 rings (SSSR count). The van der Waals surface area contributed by atoms with Crippen LogP contribution in [0.4, 0.5) is 0 Å². The molecule has 0 bridgehead atoms. The Balaban J connectivity index is 2.87. The summed E-state index contributed by atoms with van der Waals surface area (Å²) in [6.45, 7) is 0. The van der Waals surface area contributed by atoms with Gasteiger partial charge in [0, 0.05) is 22.0 Å². The van der Waals surface area contributed by atoms with Crippen molar-refractivity contribution in [1.82, 2.24) is 4.98 Å². The van der Waals surface area contributed by atoms with Gasteiger partial charge in [-0.2, -0.15) is 0 Å². The van der Waals surface area contributed by atoms with Gasteiger partial charge in [0.2, 0.25) is 0 Å². The molecule has 0 fully saturated rings. The Bertz CT molecular complexity index is 584. The van der Waals surface area contributed by atoms with Gasteiger partial charge in [-0.25, -0.2) is 0 Å². The fourth-order valence-electron chi connectivity index (χ4n) is 1.46. The van der Waals surface area contributed by atoms with Crippen LogP contribution < -0.4 is 5.73 Å². The van der Waals surface area contributed by atoms with Gasteiger partial charge in [-0.05, 0) is 18.2 Å². The SMILES string of the molecule is NC(=NO)c1nccc2c(Cl)cc(Cl)cc12. The van der Waals surface area contributed by atoms with E-state index in [9.17, 15) is 0 Å². The quantitative estimate of drug-likeness (QED) is 0.356. The van der Waals surface area contributed by atoms with Crippen LogP contribution in [0, 0.1) is 0 Å². The van der Waals surface area contributed by atoms with Crippen molar-refractivity contribution in [3.63, 3.8) is 0 Å². The first-order chi connectivity index (χ1) is 7.63. The van der Waals surface area contributed by atoms with Crippen molar-refractivity contribution >= 4 is 39.8 Å². The van der Waals surface area contributed by atoms with Crippen LogP contribution in [-0.2, 0) is 0 Å². The number of amidine groups is 1. The van der Waals surface area contributed by atoms with E-state index in [0.717, 1.165) is 5.39 Å². The van der Waals surface area contributed by atoms with Gasteiger partial charge in [-0.1, -0.05) is 28.4 Å². The molecule has 2 aromatic rings. The molecule has 1 aromatic carbocycles. The zero-order chi connectivity index (χ0) is 11.7. The van der Waals surface area contributed by atoms with Crippen molar-refractivity contribution in [2.24, 2.45) is 10.9 Å². The molecule has 0 saturated carbocycles. The van der Waals surface area contributed by atoms with Crippen LogP contribution in [0.2, 0.25) is 10.0 Å². The molecule has 16 heavy (non-hydrogen) atoms. The van der Waals surface area contributed by atoms with E-state index in [1.165, 1.54) is 6.20 Å². The maximum absolute atomic E-state index is 8.64. The second-order valence-corrected chi connectivity index (χ2v) is 3.97. The monoisotopic (exact) mass is 255 g/mol. The number of pyridine rings is 1. The first-order valence-corrected chi connectivity index (χ1v) is 5.10. The fourth-order valence-corrected chi connectivity index (χ4v) is 2.01. The largest absolute Gasteiger partial charge is 0.409 e. The average Bonchev–Trinajstić information content (AvgIpc) is 2.27. The second-order valence-electron chi connectivity index (χ2n) is 3.13. The third-order valence-corrected chi connectivity index (χ3v) is 2.68. The topological polar surface area (TPSA) is 71.5 Å². The molecule has 0 aliphatic rings. The summed E-state index contributed by atoms with van der Waals surface area (Å²) in [5, 5.41) is 13.9. The first-order valence-electron chi connectivity index (χ1n) is 4.35. The highest BCUT2D eigenvalue weighted by molar-refractivity contribution is 6.39. The molecule has 0 saturated heterocycles. The standard InChI is InChI=1S/C10H7Cl2N3O/c11-5-3-7-6(8(12)4-5)1-2-14-9(7)10(13)15-16/h1-4,16H,(H2,13,15). The smallest absolute Gasteiger partial charge is 0.189 e. The summed E-state index contributed by atoms with van der Waals surface area (Å²) in [7, 11) is 0. The van der Waals surface area contributed by atoms with Gasteiger partial charge in [-0.15, -0.1) is 0 Å². The lowest BCUT2D eigenvalue weighted by Crippen LogP contribution is -2.15. The number of rotatable bonds is 1. The minimum Gasteiger partial charge on any atom is -0.409 e. The molecule has 1 aromatic heterocycles. The number of benzene rings is 1. The molecule has 0 aliphatic heterocycles. The molecule has 82 valence electrons. The molecule has 6 heteroatoms. The molecule has 0 atom stereocenters. The van der Waals surface area contributed by atoms with E-state index in [4.69, 9.17) is 34.1 Å². The van der Waals surface area contributed by atoms with Gasteiger partial charge in [0.1, 0.15) is 5.69 Å². The van der Waals surface area contributed by atoms with E-state index < -0.39 is 0 Å². The Morgan fingerprint density at radius 2 is 2.06 bits per heavy atom. The number of hydrogen-bond acceptors (Lipinski definition) is 3. The molecule has 0 radical (unpaired) electrons. The first kappa shape index (κ1) is 11.0. The van der Waals surface area contributed by atoms with Crippen molar-refractivity contribution in [2.45, 2.75) is 0 Å². The minimum atomic E-state index is -0.0797. The lowest BCUT2D eigenvalue weighted by atomic mass is 10.1. The van der Waals surface area contributed by atoms with E-state index in [0.29, 0.717) is 21.1 Å². The summed E-state index contributed by atoms with van der Waals surface area (Å²) >= 11 is 11.9. The molecule has 0 aliphatic carbocycles. The molecule has 0 spiro atoms. The Morgan fingerprint density at radius 3 is 2.75 bits per heavy atom. The molecular weight excluding hydrogens is 249 g/mol. The zero-order valence-electron chi connectivity index (χ0n) is 7.98. The van der Waals surface area contributed by atoms with Crippen molar-refractivity contribution in [1.29, 1.82) is 0 Å². The van der Waals surface area contributed by atoms with E-state index in [-0.39, 0.29) is 5.84 Å². The predicted molar refractivity (Wildman–Crippen MR) is 64.3 cm³/mol. The van der Waals surface area contributed by atoms with E-state index >= 15 is 0 Å². The van der Waals surface area contributed by atoms with E-state index in [1.807, 2.05) is 0 Å². The normalized spacial score (nSPS) is 12.0. The highest BCUT2D eigenvalue weighted by Crippen LogP contribution is 2.28. The van der Waals surface area contributed by atoms with Crippen LogP contribution in [0.15, 0.2) is 29.6 Å². The summed E-state index contributed by atoms with van der Waals surface area (Å²) in [6, 6.07) is 5.03. The summed E-state index contributed by atoms with van der Waals surface area (Å²) in [4.78, 5) is 4.03. The van der Waals surface area contributed by atoms with E-state index in [2.05, 4.69) is 10.1 Å². The Labute approximate surface area is 101 Å². The van der Waals surface area contributed by atoms with Gasteiger partial charge >= 0.3 is 0 Å². The van der Waals surface area contributed by atoms with Crippen molar-refractivity contribution in [3.05, 3.63) is 40.1 Å². The summed E-state index contributed by atoms with van der Waals surface area (Å²) in [6.07, 6.45) is 1.54. The van der Waals surface area contributed by atoms with Crippen LogP contribution in [0.3, 0.4) is 0 Å². The van der Waals surface area contributed by atoms with Crippen LogP contribution in [-0.4, -0.2) is 16.0 Å². The Morgan fingerprint density at radius 1 is 1.31 bits per heavy atom. The summed E-state index contributed by atoms with van der Waals surface area (Å²) in [5.74, 6) is -0.0797. The highest BCUT2D eigenvalue weighted by atomic mass is 35.5. The molecule has 4 nitrogen and oxygen atoms in total. The molecule has 0 amide bonds. The zero-order valence-corrected chi connectivity index (χ0v) is 9.50. The van der Waals surface area contributed by atoms with Crippen molar-refractivity contribution in [2.75, 3.05) is 0 Å². The van der Waals surface area contributed by atoms with Crippen LogP contribution in [0.1, 0.15) is 5.69 Å². The van der Waals surface area contributed by atoms with Crippen LogP contribution in [0.25, 0.3) is 10.8 Å². The number of fused-ring (bicyclic) bond motifs is 1. The third-order valence-electron chi connectivity index (χ3n) is 2.14. The molecule has 3 N–H and O–H groups in total. The second kappa shape index (κ2) is 4.15. The lowest BCUT2D eigenvalue weighted by molar-refractivity contribution is 0.318. The fraction of sp³-hybridized carbons (Fsp3) is 0. The molecule has 0 unspecified atom stereocenters. The summed E-state index contributed by atoms with van der Waals surface area (Å²) < 4.78 is 0. The Hall–Kier alpha value is -1.52. The van der Waals surface area contributed by atoms with Gasteiger partial charge in [-0.3, -0.25) is 4.98 Å². The van der Waals surface area contributed by atoms with Crippen molar-refractivity contribution < 1.29 is 5.21 Å². The van der Waals surface area contributed by atoms with Gasteiger partial charge < -0.3 is 10.9 Å². The maximum Gasteiger partial charge on any atom is 0.189 e. The molecular formula is C10H7Cl2N3O. The maximum atomic E-state index is 8.64. The number of aromatic nitrogens is 1. The third kappa shape index (κ3) is 1.77. The number of nitrogens with two attached hydrogens (primary N) is 1. The van der Waals surface area contributed by atoms with Crippen LogP contribution in [0.5, 0.6) is 0 Å². The van der Waals surface area contributed by atoms with Crippen LogP contribution >= 0.6 is 23.2 Å². The predicted octanol–water partition coefficient (Wildman–Crippen LogP) is 2.64. The van der Waals surface area contributed by atoms with E-state index in [1.54, 1.807) is 18.2 Å². The minimum absolute atomic E-state index is 0.0797.